The van der Waals surface area contributed by atoms with Gasteiger partial charge in [-0.25, -0.2) is 4.98 Å². The van der Waals surface area contributed by atoms with Crippen molar-refractivity contribution in [3.8, 4) is 11.3 Å². The summed E-state index contributed by atoms with van der Waals surface area (Å²) in [6.45, 7) is 2.31. The van der Waals surface area contributed by atoms with Crippen LogP contribution >= 0.6 is 0 Å². The smallest absolute Gasteiger partial charge is 0.416 e. The molecule has 0 unspecified atom stereocenters. The van der Waals surface area contributed by atoms with E-state index in [0.717, 1.165) is 39.9 Å². The second-order valence-corrected chi connectivity index (χ2v) is 7.15. The van der Waals surface area contributed by atoms with E-state index in [9.17, 15) is 13.2 Å². The second kappa shape index (κ2) is 7.83. The van der Waals surface area contributed by atoms with E-state index in [1.165, 1.54) is 12.1 Å². The van der Waals surface area contributed by atoms with Crippen molar-refractivity contribution in [2.45, 2.75) is 25.6 Å². The van der Waals surface area contributed by atoms with Crippen molar-refractivity contribution in [1.82, 2.24) is 15.2 Å². The summed E-state index contributed by atoms with van der Waals surface area (Å²) in [4.78, 5) is 4.22. The number of nitrogens with two attached hydrogens (primary N) is 1. The van der Waals surface area contributed by atoms with Crippen LogP contribution in [0.2, 0.25) is 0 Å². The topological polar surface area (TPSA) is 92.8 Å². The van der Waals surface area contributed by atoms with Gasteiger partial charge in [0.2, 0.25) is 0 Å². The van der Waals surface area contributed by atoms with Gasteiger partial charge in [-0.3, -0.25) is 5.10 Å². The van der Waals surface area contributed by atoms with Gasteiger partial charge in [0, 0.05) is 29.2 Å². The van der Waals surface area contributed by atoms with Gasteiger partial charge in [0.15, 0.2) is 5.76 Å². The van der Waals surface area contributed by atoms with Crippen LogP contribution in [-0.2, 0) is 12.6 Å². The van der Waals surface area contributed by atoms with Crippen molar-refractivity contribution in [1.29, 1.82) is 0 Å². The molecule has 4 N–H and O–H groups in total. The molecule has 30 heavy (non-hydrogen) atoms. The molecule has 4 aromatic rings. The normalized spacial score (nSPS) is 13.0. The summed E-state index contributed by atoms with van der Waals surface area (Å²) < 4.78 is 43.7. The van der Waals surface area contributed by atoms with Crippen LogP contribution in [0.1, 0.15) is 16.8 Å². The van der Waals surface area contributed by atoms with Crippen molar-refractivity contribution in [3.05, 3.63) is 65.5 Å². The first-order chi connectivity index (χ1) is 14.3. The summed E-state index contributed by atoms with van der Waals surface area (Å²) in [6.07, 6.45) is -2.29. The minimum Gasteiger partial charge on any atom is -0.424 e. The average Bonchev–Trinajstić information content (AvgIpc) is 3.33. The number of oxazole rings is 1. The molecular weight excluding hydrogens is 395 g/mol. The van der Waals surface area contributed by atoms with E-state index in [4.69, 9.17) is 10.2 Å². The minimum atomic E-state index is -4.34. The number of aromatic nitrogens is 3. The van der Waals surface area contributed by atoms with E-state index < -0.39 is 11.7 Å². The number of rotatable bonds is 6. The lowest BCUT2D eigenvalue weighted by Gasteiger charge is -2.13. The first-order valence-electron chi connectivity index (χ1n) is 9.36. The number of halogens is 3. The van der Waals surface area contributed by atoms with Crippen LogP contribution in [-0.4, -0.2) is 27.8 Å². The van der Waals surface area contributed by atoms with E-state index in [-0.39, 0.29) is 6.04 Å². The van der Waals surface area contributed by atoms with Crippen molar-refractivity contribution in [2.24, 2.45) is 5.73 Å². The Kier molecular flexibility index (Phi) is 5.21. The monoisotopic (exact) mass is 415 g/mol. The first-order valence-corrected chi connectivity index (χ1v) is 9.36. The Morgan fingerprint density at radius 3 is 2.67 bits per heavy atom. The largest absolute Gasteiger partial charge is 0.424 e. The Morgan fingerprint density at radius 2 is 1.93 bits per heavy atom. The van der Waals surface area contributed by atoms with E-state index in [1.54, 1.807) is 6.20 Å². The zero-order valence-electron chi connectivity index (χ0n) is 16.1. The van der Waals surface area contributed by atoms with Gasteiger partial charge >= 0.3 is 6.18 Å². The summed E-state index contributed by atoms with van der Waals surface area (Å²) in [5.41, 5.74) is 8.88. The molecule has 0 spiro atoms. The summed E-state index contributed by atoms with van der Waals surface area (Å²) in [5.74, 6) is 0.608. The first kappa shape index (κ1) is 20.0. The Bertz CT molecular complexity index is 1150. The van der Waals surface area contributed by atoms with Crippen molar-refractivity contribution < 1.29 is 17.6 Å². The second-order valence-electron chi connectivity index (χ2n) is 7.15. The highest BCUT2D eigenvalue weighted by atomic mass is 19.4. The SMILES string of the molecule is Cc1[nH]nc2ccc(-c3cnc(NC[C@@H](N)Cc4ccc(C(F)(F)F)cc4)o3)cc12. The molecule has 156 valence electrons. The van der Waals surface area contributed by atoms with Crippen molar-refractivity contribution >= 4 is 16.9 Å². The zero-order valence-corrected chi connectivity index (χ0v) is 16.1. The number of hydrogen-bond donors (Lipinski definition) is 3. The highest BCUT2D eigenvalue weighted by Gasteiger charge is 2.29. The van der Waals surface area contributed by atoms with Crippen molar-refractivity contribution in [2.75, 3.05) is 11.9 Å². The number of nitrogens with one attached hydrogen (secondary N) is 2. The van der Waals surface area contributed by atoms with Gasteiger partial charge in [0.05, 0.1) is 17.3 Å². The van der Waals surface area contributed by atoms with Crippen molar-refractivity contribution in [3.63, 3.8) is 0 Å². The Morgan fingerprint density at radius 1 is 1.17 bits per heavy atom. The number of alkyl halides is 3. The van der Waals surface area contributed by atoms with Crippen LogP contribution < -0.4 is 11.1 Å². The maximum Gasteiger partial charge on any atom is 0.416 e. The van der Waals surface area contributed by atoms with Gasteiger partial charge in [-0.05, 0) is 49.2 Å². The molecule has 4 rings (SSSR count). The number of benzene rings is 2. The highest BCUT2D eigenvalue weighted by Crippen LogP contribution is 2.29. The summed E-state index contributed by atoms with van der Waals surface area (Å²) in [5, 5.41) is 11.2. The predicted octanol–water partition coefficient (Wildman–Crippen LogP) is 4.53. The quantitative estimate of drug-likeness (QED) is 0.430. The molecular formula is C21H20F3N5O. The third-order valence-electron chi connectivity index (χ3n) is 4.83. The van der Waals surface area contributed by atoms with E-state index in [1.807, 2.05) is 25.1 Å². The zero-order chi connectivity index (χ0) is 21.3. The maximum atomic E-state index is 12.6. The number of nitrogens with zero attached hydrogens (tertiary/aromatic N) is 2. The molecule has 2 aromatic heterocycles. The van der Waals surface area contributed by atoms with Crippen LogP contribution in [0.5, 0.6) is 0 Å². The summed E-state index contributed by atoms with van der Waals surface area (Å²) >= 11 is 0. The van der Waals surface area contributed by atoms with Gasteiger partial charge < -0.3 is 15.5 Å². The van der Waals surface area contributed by atoms with E-state index in [0.29, 0.717) is 24.7 Å². The van der Waals surface area contributed by atoms with Gasteiger partial charge in [-0.2, -0.15) is 18.3 Å². The van der Waals surface area contributed by atoms with Gasteiger partial charge in [0.1, 0.15) is 0 Å². The third kappa shape index (κ3) is 4.30. The molecule has 0 bridgehead atoms. The van der Waals surface area contributed by atoms with Crippen LogP contribution in [0.25, 0.3) is 22.2 Å². The van der Waals surface area contributed by atoms with Crippen LogP contribution in [0, 0.1) is 6.92 Å². The molecule has 2 heterocycles. The molecule has 0 saturated heterocycles. The highest BCUT2D eigenvalue weighted by molar-refractivity contribution is 5.85. The number of fused-ring (bicyclic) bond motifs is 1. The Hall–Kier alpha value is -3.33. The fourth-order valence-corrected chi connectivity index (χ4v) is 3.20. The van der Waals surface area contributed by atoms with Crippen LogP contribution in [0.4, 0.5) is 19.2 Å². The Labute approximate surface area is 170 Å². The lowest BCUT2D eigenvalue weighted by atomic mass is 10.0. The fourth-order valence-electron chi connectivity index (χ4n) is 3.20. The van der Waals surface area contributed by atoms with E-state index >= 15 is 0 Å². The third-order valence-corrected chi connectivity index (χ3v) is 4.83. The lowest BCUT2D eigenvalue weighted by molar-refractivity contribution is -0.137. The standard InChI is InChI=1S/C21H20F3N5O/c1-12-17-9-14(4-7-18(17)29-28-12)19-11-27-20(30-19)26-10-16(25)8-13-2-5-15(6-3-13)21(22,23)24/h2-7,9,11,16H,8,10,25H2,1H3,(H,26,27)(H,28,29)/t16-/m0/s1. The molecule has 0 aliphatic rings. The molecule has 0 fully saturated rings. The molecule has 6 nitrogen and oxygen atoms in total. The molecule has 0 aliphatic heterocycles. The molecule has 9 heteroatoms. The number of aryl methyl sites for hydroxylation is 1. The molecule has 1 atom stereocenters. The number of anilines is 1. The van der Waals surface area contributed by atoms with E-state index in [2.05, 4.69) is 20.5 Å². The van der Waals surface area contributed by atoms with Gasteiger partial charge in [0.25, 0.3) is 6.01 Å². The predicted molar refractivity (Wildman–Crippen MR) is 108 cm³/mol. The number of hydrogen-bond acceptors (Lipinski definition) is 5. The average molecular weight is 415 g/mol. The minimum absolute atomic E-state index is 0.318. The molecule has 0 saturated carbocycles. The molecule has 0 amide bonds. The van der Waals surface area contributed by atoms with Gasteiger partial charge in [-0.1, -0.05) is 12.1 Å². The maximum absolute atomic E-state index is 12.6. The van der Waals surface area contributed by atoms with Crippen LogP contribution in [0.15, 0.2) is 53.1 Å². The van der Waals surface area contributed by atoms with Gasteiger partial charge in [-0.15, -0.1) is 0 Å². The fraction of sp³-hybridized carbons (Fsp3) is 0.238. The van der Waals surface area contributed by atoms with Crippen LogP contribution in [0.3, 0.4) is 0 Å². The number of aromatic amines is 1. The summed E-state index contributed by atoms with van der Waals surface area (Å²) in [6, 6.07) is 10.8. The lowest BCUT2D eigenvalue weighted by Crippen LogP contribution is -2.31. The number of H-pyrrole nitrogens is 1. The molecule has 0 radical (unpaired) electrons. The summed E-state index contributed by atoms with van der Waals surface area (Å²) in [7, 11) is 0. The molecule has 0 aliphatic carbocycles. The Balaban J connectivity index is 1.36. The molecule has 2 aromatic carbocycles.